The van der Waals surface area contributed by atoms with E-state index >= 15 is 0 Å². The first-order valence-corrected chi connectivity index (χ1v) is 11.2. The first kappa shape index (κ1) is 17.7. The quantitative estimate of drug-likeness (QED) is 0.807. The van der Waals surface area contributed by atoms with E-state index in [-0.39, 0.29) is 12.0 Å². The molecule has 148 valence electrons. The second kappa shape index (κ2) is 7.53. The SMILES string of the molecule is O=C(C1CN(C2CCCCC2)C1)N1CCCCC1c1nnc(C2CCC2)o1. The van der Waals surface area contributed by atoms with Crippen LogP contribution in [0.15, 0.2) is 4.42 Å². The summed E-state index contributed by atoms with van der Waals surface area (Å²) in [5.41, 5.74) is 0. The van der Waals surface area contributed by atoms with Crippen molar-refractivity contribution in [1.29, 1.82) is 0 Å². The fraction of sp³-hybridized carbons (Fsp3) is 0.857. The van der Waals surface area contributed by atoms with E-state index in [0.717, 1.165) is 63.7 Å². The van der Waals surface area contributed by atoms with Crippen LogP contribution in [-0.4, -0.2) is 51.6 Å². The number of hydrogen-bond donors (Lipinski definition) is 0. The van der Waals surface area contributed by atoms with Gasteiger partial charge in [-0.25, -0.2) is 0 Å². The molecule has 0 spiro atoms. The molecule has 0 radical (unpaired) electrons. The van der Waals surface area contributed by atoms with Gasteiger partial charge in [-0.3, -0.25) is 9.69 Å². The Morgan fingerprint density at radius 1 is 0.852 bits per heavy atom. The lowest BCUT2D eigenvalue weighted by Crippen LogP contribution is -2.58. The highest BCUT2D eigenvalue weighted by atomic mass is 16.4. The predicted octanol–water partition coefficient (Wildman–Crippen LogP) is 3.66. The van der Waals surface area contributed by atoms with Crippen molar-refractivity contribution in [3.05, 3.63) is 11.8 Å². The molecule has 1 atom stereocenters. The Balaban J connectivity index is 1.22. The van der Waals surface area contributed by atoms with Gasteiger partial charge in [-0.2, -0.15) is 0 Å². The summed E-state index contributed by atoms with van der Waals surface area (Å²) in [5, 5.41) is 8.64. The largest absolute Gasteiger partial charge is 0.423 e. The topological polar surface area (TPSA) is 62.5 Å². The highest BCUT2D eigenvalue weighted by Crippen LogP contribution is 2.38. The van der Waals surface area contributed by atoms with Crippen molar-refractivity contribution < 1.29 is 9.21 Å². The summed E-state index contributed by atoms with van der Waals surface area (Å²) >= 11 is 0. The molecule has 6 nitrogen and oxygen atoms in total. The van der Waals surface area contributed by atoms with E-state index in [2.05, 4.69) is 20.0 Å². The van der Waals surface area contributed by atoms with Gasteiger partial charge < -0.3 is 9.32 Å². The molecule has 3 heterocycles. The molecule has 1 aromatic rings. The summed E-state index contributed by atoms with van der Waals surface area (Å²) in [7, 11) is 0. The molecule has 1 unspecified atom stereocenters. The van der Waals surface area contributed by atoms with Crippen LogP contribution in [0.5, 0.6) is 0 Å². The molecule has 0 bridgehead atoms. The predicted molar refractivity (Wildman–Crippen MR) is 101 cm³/mol. The zero-order valence-electron chi connectivity index (χ0n) is 16.3. The first-order chi connectivity index (χ1) is 13.3. The normalized spacial score (nSPS) is 28.7. The van der Waals surface area contributed by atoms with Crippen LogP contribution in [-0.2, 0) is 4.79 Å². The second-order valence-corrected chi connectivity index (χ2v) is 9.09. The molecule has 0 N–H and O–H groups in total. The zero-order chi connectivity index (χ0) is 18.2. The van der Waals surface area contributed by atoms with E-state index in [1.807, 2.05) is 0 Å². The van der Waals surface area contributed by atoms with E-state index in [9.17, 15) is 4.79 Å². The van der Waals surface area contributed by atoms with Gasteiger partial charge in [0, 0.05) is 31.6 Å². The minimum atomic E-state index is -0.00342. The summed E-state index contributed by atoms with van der Waals surface area (Å²) in [6.45, 7) is 2.73. The molecule has 1 aromatic heterocycles. The molecule has 27 heavy (non-hydrogen) atoms. The summed E-state index contributed by atoms with van der Waals surface area (Å²) < 4.78 is 6.03. The maximum Gasteiger partial charge on any atom is 0.238 e. The Morgan fingerprint density at radius 3 is 2.33 bits per heavy atom. The van der Waals surface area contributed by atoms with Gasteiger partial charge in [-0.15, -0.1) is 10.2 Å². The smallest absolute Gasteiger partial charge is 0.238 e. The molecule has 4 fully saturated rings. The fourth-order valence-electron chi connectivity index (χ4n) is 5.30. The standard InChI is InChI=1S/C21H32N4O2/c26-21(16-13-24(14-16)17-9-2-1-3-10-17)25-12-5-4-11-18(25)20-23-22-19(27-20)15-7-6-8-15/h15-18H,1-14H2. The van der Waals surface area contributed by atoms with E-state index in [4.69, 9.17) is 4.42 Å². The molecule has 2 saturated carbocycles. The Morgan fingerprint density at radius 2 is 1.59 bits per heavy atom. The third kappa shape index (κ3) is 3.41. The molecule has 4 aliphatic rings. The first-order valence-electron chi connectivity index (χ1n) is 11.2. The van der Waals surface area contributed by atoms with Gasteiger partial charge in [0.15, 0.2) is 0 Å². The number of carbonyl (C=O) groups excluding carboxylic acids is 1. The third-order valence-corrected chi connectivity index (χ3v) is 7.33. The number of piperidine rings is 1. The van der Waals surface area contributed by atoms with Crippen molar-refractivity contribution in [2.75, 3.05) is 19.6 Å². The lowest BCUT2D eigenvalue weighted by molar-refractivity contribution is -0.147. The second-order valence-electron chi connectivity index (χ2n) is 9.09. The maximum absolute atomic E-state index is 13.2. The molecule has 6 heteroatoms. The highest BCUT2D eigenvalue weighted by molar-refractivity contribution is 5.80. The molecule has 5 rings (SSSR count). The van der Waals surface area contributed by atoms with Crippen LogP contribution >= 0.6 is 0 Å². The van der Waals surface area contributed by atoms with Gasteiger partial charge >= 0.3 is 0 Å². The van der Waals surface area contributed by atoms with Crippen molar-refractivity contribution in [3.8, 4) is 0 Å². The average Bonchev–Trinajstić information content (AvgIpc) is 3.09. The van der Waals surface area contributed by atoms with Crippen LogP contribution in [0.4, 0.5) is 0 Å². The minimum Gasteiger partial charge on any atom is -0.423 e. The summed E-state index contributed by atoms with van der Waals surface area (Å²) in [5.74, 6) is 2.40. The van der Waals surface area contributed by atoms with Gasteiger partial charge in [0.05, 0.1) is 5.92 Å². The maximum atomic E-state index is 13.2. The summed E-state index contributed by atoms with van der Waals surface area (Å²) in [6.07, 6.45) is 13.5. The molecule has 2 saturated heterocycles. The van der Waals surface area contributed by atoms with Crippen molar-refractivity contribution >= 4 is 5.91 Å². The van der Waals surface area contributed by atoms with Crippen LogP contribution in [0.25, 0.3) is 0 Å². The molecule has 2 aliphatic heterocycles. The average molecular weight is 373 g/mol. The number of nitrogens with zero attached hydrogens (tertiary/aromatic N) is 4. The number of amides is 1. The third-order valence-electron chi connectivity index (χ3n) is 7.33. The Kier molecular flexibility index (Phi) is 4.92. The summed E-state index contributed by atoms with van der Waals surface area (Å²) in [4.78, 5) is 17.8. The van der Waals surface area contributed by atoms with Gasteiger partial charge in [-0.1, -0.05) is 25.7 Å². The zero-order valence-corrected chi connectivity index (χ0v) is 16.3. The van der Waals surface area contributed by atoms with E-state index < -0.39 is 0 Å². The van der Waals surface area contributed by atoms with Crippen molar-refractivity contribution in [2.24, 2.45) is 5.92 Å². The molecular formula is C21H32N4O2. The number of rotatable bonds is 4. The van der Waals surface area contributed by atoms with Gasteiger partial charge in [0.1, 0.15) is 6.04 Å². The Bertz CT molecular complexity index is 659. The van der Waals surface area contributed by atoms with Gasteiger partial charge in [0.25, 0.3) is 0 Å². The van der Waals surface area contributed by atoms with Crippen LogP contribution in [0.3, 0.4) is 0 Å². The number of aromatic nitrogens is 2. The van der Waals surface area contributed by atoms with Crippen LogP contribution in [0.2, 0.25) is 0 Å². The Hall–Kier alpha value is -1.43. The van der Waals surface area contributed by atoms with E-state index in [0.29, 0.717) is 17.7 Å². The Labute approximate surface area is 161 Å². The highest BCUT2D eigenvalue weighted by Gasteiger charge is 2.42. The lowest BCUT2D eigenvalue weighted by atomic mass is 9.85. The summed E-state index contributed by atoms with van der Waals surface area (Å²) in [6, 6.07) is 0.720. The van der Waals surface area contributed by atoms with Crippen molar-refractivity contribution in [3.63, 3.8) is 0 Å². The van der Waals surface area contributed by atoms with Crippen LogP contribution in [0, 0.1) is 5.92 Å². The molecule has 1 amide bonds. The molecule has 2 aliphatic carbocycles. The molecular weight excluding hydrogens is 340 g/mol. The van der Waals surface area contributed by atoms with Crippen LogP contribution < -0.4 is 0 Å². The number of likely N-dealkylation sites (tertiary alicyclic amines) is 2. The van der Waals surface area contributed by atoms with Gasteiger partial charge in [-0.05, 0) is 44.9 Å². The van der Waals surface area contributed by atoms with Crippen molar-refractivity contribution in [1.82, 2.24) is 20.0 Å². The monoisotopic (exact) mass is 372 g/mol. The minimum absolute atomic E-state index is 0.00342. The fourth-order valence-corrected chi connectivity index (χ4v) is 5.30. The van der Waals surface area contributed by atoms with Crippen LogP contribution in [0.1, 0.15) is 94.4 Å². The van der Waals surface area contributed by atoms with Crippen molar-refractivity contribution in [2.45, 2.75) is 88.6 Å². The van der Waals surface area contributed by atoms with Gasteiger partial charge in [0.2, 0.25) is 17.7 Å². The number of carbonyl (C=O) groups is 1. The van der Waals surface area contributed by atoms with E-state index in [1.54, 1.807) is 0 Å². The van der Waals surface area contributed by atoms with E-state index in [1.165, 1.54) is 38.5 Å². The lowest BCUT2D eigenvalue weighted by Gasteiger charge is -2.47. The number of hydrogen-bond acceptors (Lipinski definition) is 5. The molecule has 0 aromatic carbocycles.